The molecule has 2 rings (SSSR count). The average molecular weight is 218 g/mol. The molecule has 1 aliphatic carbocycles. The molecule has 2 aliphatic rings. The molecule has 0 bridgehead atoms. The van der Waals surface area contributed by atoms with Gasteiger partial charge in [0.15, 0.2) is 0 Å². The third kappa shape index (κ3) is 1.69. The molecule has 0 spiro atoms. The Morgan fingerprint density at radius 1 is 1.07 bits per heavy atom. The molecule has 14 heavy (non-hydrogen) atoms. The molecule has 0 aromatic rings. The predicted molar refractivity (Wildman–Crippen MR) is 64.0 cm³/mol. The highest BCUT2D eigenvalue weighted by atomic mass is 35.5. The molecule has 0 radical (unpaired) electrons. The average Bonchev–Trinajstić information content (AvgIpc) is 2.06. The molecule has 2 atom stereocenters. The zero-order chi connectivity index (χ0) is 9.53. The van der Waals surface area contributed by atoms with Crippen LogP contribution in [-0.2, 0) is 0 Å². The first-order chi connectivity index (χ1) is 6.06. The van der Waals surface area contributed by atoms with Crippen molar-refractivity contribution < 1.29 is 0 Å². The molecule has 84 valence electrons. The lowest BCUT2D eigenvalue weighted by atomic mass is 9.56. The maximum atomic E-state index is 3.70. The molecular weight excluding hydrogens is 194 g/mol. The number of nitrogens with one attached hydrogen (secondary N) is 1. The molecule has 2 heteroatoms. The fourth-order valence-corrected chi connectivity index (χ4v) is 3.45. The monoisotopic (exact) mass is 217 g/mol. The van der Waals surface area contributed by atoms with Gasteiger partial charge in [0.1, 0.15) is 0 Å². The highest BCUT2D eigenvalue weighted by Crippen LogP contribution is 2.51. The van der Waals surface area contributed by atoms with Crippen LogP contribution in [0.3, 0.4) is 0 Å². The molecule has 1 N–H and O–H groups in total. The first-order valence-corrected chi connectivity index (χ1v) is 5.81. The minimum Gasteiger partial charge on any atom is -0.311 e. The van der Waals surface area contributed by atoms with E-state index in [4.69, 9.17) is 0 Å². The summed E-state index contributed by atoms with van der Waals surface area (Å²) < 4.78 is 0. The molecule has 0 amide bonds. The Morgan fingerprint density at radius 2 is 1.79 bits per heavy atom. The smallest absolute Gasteiger partial charge is 0.0181 e. The van der Waals surface area contributed by atoms with Crippen molar-refractivity contribution in [3.05, 3.63) is 0 Å². The van der Waals surface area contributed by atoms with Crippen molar-refractivity contribution in [2.24, 2.45) is 11.3 Å². The van der Waals surface area contributed by atoms with Gasteiger partial charge in [-0.2, -0.15) is 0 Å². The number of hydrogen-bond donors (Lipinski definition) is 1. The summed E-state index contributed by atoms with van der Waals surface area (Å²) in [5, 5.41) is 3.70. The highest BCUT2D eigenvalue weighted by molar-refractivity contribution is 5.85. The quantitative estimate of drug-likeness (QED) is 0.656. The molecule has 2 unspecified atom stereocenters. The number of fused-ring (bicyclic) bond motifs is 1. The lowest BCUT2D eigenvalue weighted by molar-refractivity contribution is -0.0155. The van der Waals surface area contributed by atoms with Gasteiger partial charge in [0.25, 0.3) is 0 Å². The van der Waals surface area contributed by atoms with Crippen LogP contribution >= 0.6 is 12.4 Å². The van der Waals surface area contributed by atoms with E-state index in [2.05, 4.69) is 26.1 Å². The molecule has 0 aromatic heterocycles. The Balaban J connectivity index is 0.000000980. The standard InChI is InChI=1S/C12H23N.ClH/c1-11(2)12(3)8-5-4-6-10(12)7-9-13-11;/h10,13H,4-9H2,1-3H3;1H. The number of piperidine rings is 1. The van der Waals surface area contributed by atoms with Crippen LogP contribution in [0.25, 0.3) is 0 Å². The molecule has 1 aliphatic heterocycles. The van der Waals surface area contributed by atoms with Gasteiger partial charge >= 0.3 is 0 Å². The first kappa shape index (κ1) is 12.3. The van der Waals surface area contributed by atoms with Crippen molar-refractivity contribution in [2.75, 3.05) is 6.54 Å². The van der Waals surface area contributed by atoms with Gasteiger partial charge in [0.05, 0.1) is 0 Å². The fourth-order valence-electron chi connectivity index (χ4n) is 3.45. The van der Waals surface area contributed by atoms with Crippen LogP contribution in [-0.4, -0.2) is 12.1 Å². The Labute approximate surface area is 94.4 Å². The Bertz CT molecular complexity index is 200. The summed E-state index contributed by atoms with van der Waals surface area (Å²) in [6.45, 7) is 8.52. The van der Waals surface area contributed by atoms with Gasteiger partial charge in [-0.1, -0.05) is 19.8 Å². The minimum atomic E-state index is 0. The van der Waals surface area contributed by atoms with Gasteiger partial charge < -0.3 is 5.32 Å². The van der Waals surface area contributed by atoms with Gasteiger partial charge in [-0.15, -0.1) is 12.4 Å². The summed E-state index contributed by atoms with van der Waals surface area (Å²) in [7, 11) is 0. The van der Waals surface area contributed by atoms with Crippen LogP contribution in [0.1, 0.15) is 52.9 Å². The van der Waals surface area contributed by atoms with E-state index < -0.39 is 0 Å². The fraction of sp³-hybridized carbons (Fsp3) is 1.00. The number of hydrogen-bond acceptors (Lipinski definition) is 1. The molecular formula is C12H24ClN. The summed E-state index contributed by atoms with van der Waals surface area (Å²) in [5.41, 5.74) is 0.917. The van der Waals surface area contributed by atoms with Crippen LogP contribution in [0.5, 0.6) is 0 Å². The summed E-state index contributed by atoms with van der Waals surface area (Å²) in [4.78, 5) is 0. The second kappa shape index (κ2) is 4.02. The third-order valence-electron chi connectivity index (χ3n) is 4.89. The Kier molecular flexibility index (Phi) is 3.53. The van der Waals surface area contributed by atoms with E-state index in [-0.39, 0.29) is 12.4 Å². The van der Waals surface area contributed by atoms with Crippen molar-refractivity contribution in [3.63, 3.8) is 0 Å². The van der Waals surface area contributed by atoms with Crippen LogP contribution < -0.4 is 5.32 Å². The molecule has 1 nitrogen and oxygen atoms in total. The van der Waals surface area contributed by atoms with E-state index in [0.717, 1.165) is 5.92 Å². The third-order valence-corrected chi connectivity index (χ3v) is 4.89. The molecule has 1 saturated carbocycles. The SMILES string of the molecule is CC1(C)NCCC2CCCCC21C.Cl. The van der Waals surface area contributed by atoms with Gasteiger partial charge in [0.2, 0.25) is 0 Å². The van der Waals surface area contributed by atoms with E-state index in [0.29, 0.717) is 11.0 Å². The topological polar surface area (TPSA) is 12.0 Å². The van der Waals surface area contributed by atoms with Crippen molar-refractivity contribution >= 4 is 12.4 Å². The lowest BCUT2D eigenvalue weighted by Crippen LogP contribution is -2.61. The maximum Gasteiger partial charge on any atom is 0.0181 e. The van der Waals surface area contributed by atoms with Gasteiger partial charge in [-0.3, -0.25) is 0 Å². The van der Waals surface area contributed by atoms with E-state index in [1.807, 2.05) is 0 Å². The van der Waals surface area contributed by atoms with E-state index in [1.54, 1.807) is 0 Å². The molecule has 2 fully saturated rings. The summed E-state index contributed by atoms with van der Waals surface area (Å²) in [5.74, 6) is 0.984. The summed E-state index contributed by atoms with van der Waals surface area (Å²) in [6.07, 6.45) is 7.22. The van der Waals surface area contributed by atoms with Crippen LogP contribution in [0.2, 0.25) is 0 Å². The first-order valence-electron chi connectivity index (χ1n) is 5.81. The highest BCUT2D eigenvalue weighted by Gasteiger charge is 2.49. The van der Waals surface area contributed by atoms with Crippen LogP contribution in [0, 0.1) is 11.3 Å². The summed E-state index contributed by atoms with van der Waals surface area (Å²) in [6, 6.07) is 0. The lowest BCUT2D eigenvalue weighted by Gasteiger charge is -2.56. The van der Waals surface area contributed by atoms with Crippen molar-refractivity contribution in [1.82, 2.24) is 5.32 Å². The van der Waals surface area contributed by atoms with Crippen molar-refractivity contribution in [2.45, 2.75) is 58.4 Å². The normalized spacial score (nSPS) is 40.9. The Morgan fingerprint density at radius 3 is 2.43 bits per heavy atom. The zero-order valence-electron chi connectivity index (χ0n) is 9.73. The maximum absolute atomic E-state index is 3.70. The summed E-state index contributed by atoms with van der Waals surface area (Å²) >= 11 is 0. The van der Waals surface area contributed by atoms with Gasteiger partial charge in [-0.05, 0) is 51.0 Å². The van der Waals surface area contributed by atoms with Crippen LogP contribution in [0.4, 0.5) is 0 Å². The number of halogens is 1. The van der Waals surface area contributed by atoms with Gasteiger partial charge in [-0.25, -0.2) is 0 Å². The molecule has 0 aromatic carbocycles. The van der Waals surface area contributed by atoms with Gasteiger partial charge in [0, 0.05) is 5.54 Å². The predicted octanol–water partition coefficient (Wildman–Crippen LogP) is 3.38. The van der Waals surface area contributed by atoms with E-state index in [9.17, 15) is 0 Å². The second-order valence-electron chi connectivity index (χ2n) is 5.70. The van der Waals surface area contributed by atoms with E-state index in [1.165, 1.54) is 38.6 Å². The number of rotatable bonds is 0. The van der Waals surface area contributed by atoms with E-state index >= 15 is 0 Å². The zero-order valence-corrected chi connectivity index (χ0v) is 10.5. The molecule has 1 heterocycles. The molecule has 1 saturated heterocycles. The van der Waals surface area contributed by atoms with Crippen molar-refractivity contribution in [1.29, 1.82) is 0 Å². The minimum absolute atomic E-state index is 0. The second-order valence-corrected chi connectivity index (χ2v) is 5.70. The largest absolute Gasteiger partial charge is 0.311 e. The van der Waals surface area contributed by atoms with Crippen molar-refractivity contribution in [3.8, 4) is 0 Å². The van der Waals surface area contributed by atoms with Crippen LogP contribution in [0.15, 0.2) is 0 Å². The Hall–Kier alpha value is 0.250.